The summed E-state index contributed by atoms with van der Waals surface area (Å²) >= 11 is 0. The molecule has 0 radical (unpaired) electrons. The largest absolute Gasteiger partial charge is 0.456 e. The molecule has 1 rings (SSSR count). The molecule has 0 bridgehead atoms. The first kappa shape index (κ1) is 5.15. The fourth-order valence-electron chi connectivity index (χ4n) is 0.519. The number of cyclic esters (lactones) is 1. The van der Waals surface area contributed by atoms with Crippen LogP contribution in [0.15, 0.2) is 11.8 Å². The Balaban J connectivity index is 2.57. The molecule has 8 heavy (non-hydrogen) atoms. The minimum absolute atomic E-state index is 0.255. The van der Waals surface area contributed by atoms with Gasteiger partial charge in [0, 0.05) is 13.1 Å². The summed E-state index contributed by atoms with van der Waals surface area (Å²) in [6.07, 6.45) is 1.44. The SMILES string of the molecule is CNC1=CC(=O)OC1. The molecule has 3 heteroatoms. The molecule has 1 aliphatic heterocycles. The molecule has 0 fully saturated rings. The van der Waals surface area contributed by atoms with E-state index in [1.54, 1.807) is 7.05 Å². The van der Waals surface area contributed by atoms with Crippen LogP contribution in [0.2, 0.25) is 0 Å². The third-order valence-electron chi connectivity index (χ3n) is 0.983. The number of likely N-dealkylation sites (N-methyl/N-ethyl adjacent to an activating group) is 1. The fourth-order valence-corrected chi connectivity index (χ4v) is 0.519. The van der Waals surface area contributed by atoms with E-state index in [0.29, 0.717) is 6.61 Å². The lowest BCUT2D eigenvalue weighted by molar-refractivity contribution is -0.134. The number of nitrogens with one attached hydrogen (secondary N) is 1. The van der Waals surface area contributed by atoms with Crippen molar-refractivity contribution in [3.8, 4) is 0 Å². The second kappa shape index (κ2) is 1.86. The highest BCUT2D eigenvalue weighted by atomic mass is 16.5. The van der Waals surface area contributed by atoms with Crippen LogP contribution in [0, 0.1) is 0 Å². The zero-order chi connectivity index (χ0) is 5.98. The molecule has 1 N–H and O–H groups in total. The van der Waals surface area contributed by atoms with E-state index in [0.717, 1.165) is 5.70 Å². The summed E-state index contributed by atoms with van der Waals surface area (Å²) < 4.78 is 4.56. The molecule has 0 saturated heterocycles. The summed E-state index contributed by atoms with van der Waals surface area (Å²) in [5.41, 5.74) is 0.843. The van der Waals surface area contributed by atoms with Gasteiger partial charge in [-0.1, -0.05) is 0 Å². The van der Waals surface area contributed by atoms with Crippen molar-refractivity contribution >= 4 is 5.97 Å². The smallest absolute Gasteiger partial charge is 0.333 e. The third-order valence-corrected chi connectivity index (χ3v) is 0.983. The monoisotopic (exact) mass is 113 g/mol. The Bertz CT molecular complexity index is 139. The van der Waals surface area contributed by atoms with Crippen LogP contribution in [0.4, 0.5) is 0 Å². The van der Waals surface area contributed by atoms with Gasteiger partial charge >= 0.3 is 5.97 Å². The van der Waals surface area contributed by atoms with E-state index in [-0.39, 0.29) is 5.97 Å². The molecule has 0 aromatic carbocycles. The summed E-state index contributed by atoms with van der Waals surface area (Å²) in [7, 11) is 1.76. The van der Waals surface area contributed by atoms with Gasteiger partial charge < -0.3 is 10.1 Å². The quantitative estimate of drug-likeness (QED) is 0.472. The van der Waals surface area contributed by atoms with Crippen LogP contribution in [-0.2, 0) is 9.53 Å². The number of carbonyl (C=O) groups is 1. The van der Waals surface area contributed by atoms with Crippen LogP contribution >= 0.6 is 0 Å². The topological polar surface area (TPSA) is 38.3 Å². The van der Waals surface area contributed by atoms with Gasteiger partial charge in [-0.15, -0.1) is 0 Å². The fraction of sp³-hybridized carbons (Fsp3) is 0.400. The normalized spacial score (nSPS) is 17.6. The summed E-state index contributed by atoms with van der Waals surface area (Å²) in [6.45, 7) is 0.398. The number of hydrogen-bond acceptors (Lipinski definition) is 3. The summed E-state index contributed by atoms with van der Waals surface area (Å²) in [5, 5.41) is 2.81. The number of carbonyl (C=O) groups excluding carboxylic acids is 1. The minimum atomic E-state index is -0.255. The third kappa shape index (κ3) is 0.804. The molecule has 0 unspecified atom stereocenters. The van der Waals surface area contributed by atoms with Gasteiger partial charge in [-0.05, 0) is 0 Å². The van der Waals surface area contributed by atoms with Crippen molar-refractivity contribution in [3.05, 3.63) is 11.8 Å². The first-order valence-corrected chi connectivity index (χ1v) is 2.38. The average molecular weight is 113 g/mol. The first-order valence-electron chi connectivity index (χ1n) is 2.38. The lowest BCUT2D eigenvalue weighted by Crippen LogP contribution is -2.06. The maximum atomic E-state index is 10.3. The van der Waals surface area contributed by atoms with Crippen molar-refractivity contribution in [1.82, 2.24) is 5.32 Å². The van der Waals surface area contributed by atoms with Crippen LogP contribution in [0.3, 0.4) is 0 Å². The van der Waals surface area contributed by atoms with Gasteiger partial charge in [-0.3, -0.25) is 0 Å². The molecule has 0 spiro atoms. The molecular formula is C5H7NO2. The molecule has 0 aliphatic carbocycles. The Hall–Kier alpha value is -0.990. The average Bonchev–Trinajstić information content (AvgIpc) is 2.14. The molecule has 1 aliphatic rings. The van der Waals surface area contributed by atoms with Crippen molar-refractivity contribution in [3.63, 3.8) is 0 Å². The van der Waals surface area contributed by atoms with Gasteiger partial charge in [-0.25, -0.2) is 4.79 Å². The van der Waals surface area contributed by atoms with Gasteiger partial charge in [0.15, 0.2) is 0 Å². The Morgan fingerprint density at radius 1 is 1.88 bits per heavy atom. The summed E-state index contributed by atoms with van der Waals surface area (Å²) in [4.78, 5) is 10.3. The molecule has 0 saturated carbocycles. The number of ether oxygens (including phenoxy) is 1. The highest BCUT2D eigenvalue weighted by molar-refractivity contribution is 5.84. The number of hydrogen-bond donors (Lipinski definition) is 1. The lowest BCUT2D eigenvalue weighted by Gasteiger charge is -1.93. The standard InChI is InChI=1S/C5H7NO2/c1-6-4-2-5(7)8-3-4/h2,6H,3H2,1H3. The van der Waals surface area contributed by atoms with Crippen molar-refractivity contribution in [2.75, 3.05) is 13.7 Å². The van der Waals surface area contributed by atoms with Crippen molar-refractivity contribution in [1.29, 1.82) is 0 Å². The molecule has 0 atom stereocenters. The molecule has 3 nitrogen and oxygen atoms in total. The van der Waals surface area contributed by atoms with E-state index in [1.807, 2.05) is 0 Å². The zero-order valence-electron chi connectivity index (χ0n) is 4.60. The van der Waals surface area contributed by atoms with E-state index < -0.39 is 0 Å². The maximum absolute atomic E-state index is 10.3. The highest BCUT2D eigenvalue weighted by Gasteiger charge is 2.09. The predicted molar refractivity (Wildman–Crippen MR) is 28.1 cm³/mol. The minimum Gasteiger partial charge on any atom is -0.456 e. The maximum Gasteiger partial charge on any atom is 0.333 e. The van der Waals surface area contributed by atoms with Gasteiger partial charge in [0.25, 0.3) is 0 Å². The van der Waals surface area contributed by atoms with E-state index in [2.05, 4.69) is 10.1 Å². The summed E-state index contributed by atoms with van der Waals surface area (Å²) in [5.74, 6) is -0.255. The van der Waals surface area contributed by atoms with Crippen molar-refractivity contribution in [2.45, 2.75) is 0 Å². The van der Waals surface area contributed by atoms with Crippen LogP contribution in [0.5, 0.6) is 0 Å². The van der Waals surface area contributed by atoms with Crippen molar-refractivity contribution < 1.29 is 9.53 Å². The first-order chi connectivity index (χ1) is 3.83. The molecule has 0 aromatic heterocycles. The Labute approximate surface area is 47.3 Å². The lowest BCUT2D eigenvalue weighted by atomic mass is 10.5. The van der Waals surface area contributed by atoms with E-state index in [9.17, 15) is 4.79 Å². The second-order valence-corrected chi connectivity index (χ2v) is 1.53. The Morgan fingerprint density at radius 2 is 2.62 bits per heavy atom. The predicted octanol–water partition coefficient (Wildman–Crippen LogP) is -0.354. The molecule has 0 amide bonds. The van der Waals surface area contributed by atoms with Gasteiger partial charge in [-0.2, -0.15) is 0 Å². The van der Waals surface area contributed by atoms with Crippen LogP contribution in [0.25, 0.3) is 0 Å². The van der Waals surface area contributed by atoms with E-state index in [4.69, 9.17) is 0 Å². The molecule has 1 heterocycles. The van der Waals surface area contributed by atoms with Crippen molar-refractivity contribution in [2.24, 2.45) is 0 Å². The number of rotatable bonds is 1. The van der Waals surface area contributed by atoms with Gasteiger partial charge in [0.1, 0.15) is 6.61 Å². The molecular weight excluding hydrogens is 106 g/mol. The summed E-state index contributed by atoms with van der Waals surface area (Å²) in [6, 6.07) is 0. The van der Waals surface area contributed by atoms with Crippen LogP contribution in [-0.4, -0.2) is 19.6 Å². The van der Waals surface area contributed by atoms with E-state index >= 15 is 0 Å². The molecule has 44 valence electrons. The zero-order valence-corrected chi connectivity index (χ0v) is 4.60. The van der Waals surface area contributed by atoms with Crippen LogP contribution < -0.4 is 5.32 Å². The molecule has 0 aromatic rings. The van der Waals surface area contributed by atoms with Gasteiger partial charge in [0.2, 0.25) is 0 Å². The van der Waals surface area contributed by atoms with Crippen LogP contribution in [0.1, 0.15) is 0 Å². The highest BCUT2D eigenvalue weighted by Crippen LogP contribution is 1.99. The van der Waals surface area contributed by atoms with E-state index in [1.165, 1.54) is 6.08 Å². The van der Waals surface area contributed by atoms with Gasteiger partial charge in [0.05, 0.1) is 5.70 Å². The Morgan fingerprint density at radius 3 is 2.88 bits per heavy atom. The number of esters is 1. The second-order valence-electron chi connectivity index (χ2n) is 1.53. The Kier molecular flexibility index (Phi) is 1.20.